The van der Waals surface area contributed by atoms with Crippen LogP contribution in [0.4, 0.5) is 8.78 Å². The van der Waals surface area contributed by atoms with Gasteiger partial charge in [-0.1, -0.05) is 11.6 Å². The molecule has 1 aromatic rings. The zero-order valence-electron chi connectivity index (χ0n) is 7.47. The van der Waals surface area contributed by atoms with Gasteiger partial charge >= 0.3 is 0 Å². The van der Waals surface area contributed by atoms with E-state index in [0.29, 0.717) is 0 Å². The Labute approximate surface area is 85.3 Å². The van der Waals surface area contributed by atoms with Crippen molar-refractivity contribution in [3.05, 3.63) is 34.4 Å². The van der Waals surface area contributed by atoms with E-state index in [9.17, 15) is 8.78 Å². The highest BCUT2D eigenvalue weighted by atomic mass is 35.5. The molecular weight excluding hydrogens is 212 g/mol. The third kappa shape index (κ3) is 2.20. The van der Waals surface area contributed by atoms with E-state index in [0.717, 1.165) is 12.1 Å². The largest absolute Gasteiger partial charge is 0.391 e. The first kappa shape index (κ1) is 11.4. The summed E-state index contributed by atoms with van der Waals surface area (Å²) in [7, 11) is 0. The zero-order chi connectivity index (χ0) is 10.9. The maximum atomic E-state index is 13.2. The third-order valence-corrected chi connectivity index (χ3v) is 2.21. The van der Waals surface area contributed by atoms with Crippen molar-refractivity contribution in [2.24, 2.45) is 5.73 Å². The molecule has 0 aliphatic carbocycles. The van der Waals surface area contributed by atoms with E-state index < -0.39 is 23.8 Å². The van der Waals surface area contributed by atoms with Crippen molar-refractivity contribution in [3.63, 3.8) is 0 Å². The second kappa shape index (κ2) is 4.21. The lowest BCUT2D eigenvalue weighted by atomic mass is 10.0. The molecule has 0 aliphatic rings. The molecule has 1 rings (SSSR count). The molecule has 5 heteroatoms. The molecule has 2 nitrogen and oxygen atoms in total. The molecule has 0 heterocycles. The number of aliphatic hydroxyl groups excluding tert-OH is 1. The highest BCUT2D eigenvalue weighted by Crippen LogP contribution is 2.24. The van der Waals surface area contributed by atoms with Gasteiger partial charge in [-0.05, 0) is 19.1 Å². The molecule has 0 spiro atoms. The summed E-state index contributed by atoms with van der Waals surface area (Å²) in [4.78, 5) is 0. The minimum Gasteiger partial charge on any atom is -0.391 e. The van der Waals surface area contributed by atoms with E-state index in [1.807, 2.05) is 0 Å². The van der Waals surface area contributed by atoms with Crippen LogP contribution in [0.5, 0.6) is 0 Å². The fraction of sp³-hybridized carbons (Fsp3) is 0.333. The Morgan fingerprint density at radius 2 is 1.93 bits per heavy atom. The monoisotopic (exact) mass is 221 g/mol. The molecule has 2 atom stereocenters. The third-order valence-electron chi connectivity index (χ3n) is 1.92. The highest BCUT2D eigenvalue weighted by molar-refractivity contribution is 6.30. The number of rotatable bonds is 2. The summed E-state index contributed by atoms with van der Waals surface area (Å²) in [6, 6.07) is 0.783. The molecule has 14 heavy (non-hydrogen) atoms. The van der Waals surface area contributed by atoms with Crippen LogP contribution in [-0.4, -0.2) is 11.2 Å². The van der Waals surface area contributed by atoms with Crippen LogP contribution in [0.25, 0.3) is 0 Å². The first-order chi connectivity index (χ1) is 6.43. The normalized spacial score (nSPS) is 15.3. The van der Waals surface area contributed by atoms with Crippen molar-refractivity contribution in [3.8, 4) is 0 Å². The number of benzene rings is 1. The molecule has 0 aromatic heterocycles. The van der Waals surface area contributed by atoms with Gasteiger partial charge in [-0.15, -0.1) is 0 Å². The molecule has 0 radical (unpaired) electrons. The van der Waals surface area contributed by atoms with Crippen molar-refractivity contribution in [1.82, 2.24) is 0 Å². The number of hydrogen-bond donors (Lipinski definition) is 2. The Bertz CT molecular complexity index is 344. The van der Waals surface area contributed by atoms with Crippen molar-refractivity contribution in [2.75, 3.05) is 0 Å². The molecule has 78 valence electrons. The van der Waals surface area contributed by atoms with Gasteiger partial charge in [-0.3, -0.25) is 0 Å². The van der Waals surface area contributed by atoms with Crippen LogP contribution in [0.2, 0.25) is 5.02 Å². The van der Waals surface area contributed by atoms with E-state index in [1.54, 1.807) is 0 Å². The van der Waals surface area contributed by atoms with Crippen molar-refractivity contribution >= 4 is 11.6 Å². The van der Waals surface area contributed by atoms with E-state index in [-0.39, 0.29) is 10.6 Å². The second-order valence-electron chi connectivity index (χ2n) is 3.05. The lowest BCUT2D eigenvalue weighted by molar-refractivity contribution is 0.162. The van der Waals surface area contributed by atoms with Gasteiger partial charge in [0, 0.05) is 5.56 Å². The molecule has 0 saturated heterocycles. The lowest BCUT2D eigenvalue weighted by Gasteiger charge is -2.16. The van der Waals surface area contributed by atoms with Crippen molar-refractivity contribution in [2.45, 2.75) is 19.1 Å². The summed E-state index contributed by atoms with van der Waals surface area (Å²) in [5, 5.41) is 8.81. The van der Waals surface area contributed by atoms with Crippen LogP contribution < -0.4 is 5.73 Å². The predicted molar refractivity (Wildman–Crippen MR) is 50.0 cm³/mol. The SMILES string of the molecule is C[C@H](O)[C@@H](N)c1cc(F)c(Cl)cc1F. The quantitative estimate of drug-likeness (QED) is 0.751. The zero-order valence-corrected chi connectivity index (χ0v) is 8.22. The van der Waals surface area contributed by atoms with E-state index in [2.05, 4.69) is 0 Å². The van der Waals surface area contributed by atoms with Crippen LogP contribution in [0.1, 0.15) is 18.5 Å². The smallest absolute Gasteiger partial charge is 0.142 e. The minimum absolute atomic E-state index is 0.0816. The summed E-state index contributed by atoms with van der Waals surface area (Å²) in [5.41, 5.74) is 5.38. The molecule has 0 aliphatic heterocycles. The molecule has 3 N–H and O–H groups in total. The molecule has 0 fully saturated rings. The molecule has 0 amide bonds. The summed E-state index contributed by atoms with van der Waals surface area (Å²) in [6.07, 6.45) is -0.954. The Morgan fingerprint density at radius 1 is 1.36 bits per heavy atom. The summed E-state index contributed by atoms with van der Waals surface area (Å²) < 4.78 is 26.1. The summed E-state index contributed by atoms with van der Waals surface area (Å²) in [6.45, 7) is 1.40. The van der Waals surface area contributed by atoms with Gasteiger partial charge in [-0.25, -0.2) is 8.78 Å². The Morgan fingerprint density at radius 3 is 2.43 bits per heavy atom. The fourth-order valence-electron chi connectivity index (χ4n) is 1.05. The maximum Gasteiger partial charge on any atom is 0.142 e. The molecule has 1 aromatic carbocycles. The number of aliphatic hydroxyl groups is 1. The fourth-order valence-corrected chi connectivity index (χ4v) is 1.20. The Kier molecular flexibility index (Phi) is 3.42. The average Bonchev–Trinajstić information content (AvgIpc) is 2.10. The van der Waals surface area contributed by atoms with E-state index >= 15 is 0 Å². The molecule has 0 saturated carbocycles. The Balaban J connectivity index is 3.15. The van der Waals surface area contributed by atoms with Gasteiger partial charge in [0.1, 0.15) is 11.6 Å². The van der Waals surface area contributed by atoms with Crippen LogP contribution in [0.15, 0.2) is 12.1 Å². The van der Waals surface area contributed by atoms with Gasteiger partial charge in [0.25, 0.3) is 0 Å². The molecule has 0 bridgehead atoms. The van der Waals surface area contributed by atoms with E-state index in [1.165, 1.54) is 6.92 Å². The number of nitrogens with two attached hydrogens (primary N) is 1. The van der Waals surface area contributed by atoms with Crippen LogP contribution in [0.3, 0.4) is 0 Å². The second-order valence-corrected chi connectivity index (χ2v) is 3.46. The topological polar surface area (TPSA) is 46.2 Å². The average molecular weight is 222 g/mol. The van der Waals surface area contributed by atoms with Gasteiger partial charge < -0.3 is 10.8 Å². The van der Waals surface area contributed by atoms with Crippen molar-refractivity contribution in [1.29, 1.82) is 0 Å². The van der Waals surface area contributed by atoms with Gasteiger partial charge in [0.15, 0.2) is 0 Å². The Hall–Kier alpha value is -0.710. The van der Waals surface area contributed by atoms with Crippen LogP contribution in [0, 0.1) is 11.6 Å². The first-order valence-corrected chi connectivity index (χ1v) is 4.39. The van der Waals surface area contributed by atoms with Gasteiger partial charge in [-0.2, -0.15) is 0 Å². The molecule has 0 unspecified atom stereocenters. The summed E-state index contributed by atoms with van der Waals surface area (Å²) in [5.74, 6) is -1.47. The number of hydrogen-bond acceptors (Lipinski definition) is 2. The standard InChI is InChI=1S/C9H10ClF2NO/c1-4(14)9(13)5-2-8(12)6(10)3-7(5)11/h2-4,9,14H,13H2,1H3/t4-,9+/m0/s1. The van der Waals surface area contributed by atoms with Crippen LogP contribution in [-0.2, 0) is 0 Å². The maximum absolute atomic E-state index is 13.2. The van der Waals surface area contributed by atoms with Crippen molar-refractivity contribution < 1.29 is 13.9 Å². The van der Waals surface area contributed by atoms with Gasteiger partial charge in [0.2, 0.25) is 0 Å². The number of halogens is 3. The summed E-state index contributed by atoms with van der Waals surface area (Å²) >= 11 is 5.35. The minimum atomic E-state index is -0.957. The van der Waals surface area contributed by atoms with E-state index in [4.69, 9.17) is 22.4 Å². The highest BCUT2D eigenvalue weighted by Gasteiger charge is 2.18. The molecular formula is C9H10ClF2NO. The van der Waals surface area contributed by atoms with Gasteiger partial charge in [0.05, 0.1) is 17.2 Å². The van der Waals surface area contributed by atoms with Crippen LogP contribution >= 0.6 is 11.6 Å². The lowest BCUT2D eigenvalue weighted by Crippen LogP contribution is -2.24. The predicted octanol–water partition coefficient (Wildman–Crippen LogP) is 2.00. The first-order valence-electron chi connectivity index (χ1n) is 4.01.